The van der Waals surface area contributed by atoms with Crippen molar-refractivity contribution < 1.29 is 23.1 Å². The molecule has 6 nitrogen and oxygen atoms in total. The third kappa shape index (κ3) is 0.961. The maximum Gasteiger partial charge on any atom is 0.328 e. The van der Waals surface area contributed by atoms with Crippen molar-refractivity contribution in [3.8, 4) is 0 Å². The highest BCUT2D eigenvalue weighted by atomic mass is 32.2. The van der Waals surface area contributed by atoms with Crippen molar-refractivity contribution in [1.82, 2.24) is 4.90 Å². The van der Waals surface area contributed by atoms with Gasteiger partial charge >= 0.3 is 5.97 Å². The summed E-state index contributed by atoms with van der Waals surface area (Å²) in [6.45, 7) is 2.71. The first-order chi connectivity index (χ1) is 6.71. The van der Waals surface area contributed by atoms with Gasteiger partial charge in [-0.1, -0.05) is 0 Å². The number of carbonyl (C=O) groups is 2. The van der Waals surface area contributed by atoms with Crippen LogP contribution in [0.15, 0.2) is 0 Å². The smallest absolute Gasteiger partial charge is 0.328 e. The minimum atomic E-state index is -3.57. The van der Waals surface area contributed by atoms with E-state index >= 15 is 0 Å². The summed E-state index contributed by atoms with van der Waals surface area (Å²) in [6.07, 6.45) is -0.0878. The average Bonchev–Trinajstić information content (AvgIpc) is 2.19. The molecular weight excluding hydrogens is 222 g/mol. The predicted molar refractivity (Wildman–Crippen MR) is 49.7 cm³/mol. The Labute approximate surface area is 86.8 Å². The number of hydrogen-bond acceptors (Lipinski definition) is 4. The number of hydrogen-bond donors (Lipinski definition) is 1. The largest absolute Gasteiger partial charge is 0.480 e. The Hall–Kier alpha value is -1.11. The minimum absolute atomic E-state index is 0.0878. The summed E-state index contributed by atoms with van der Waals surface area (Å²) in [7, 11) is -3.57. The fourth-order valence-corrected chi connectivity index (χ4v) is 4.36. The van der Waals surface area contributed by atoms with Crippen molar-refractivity contribution in [2.24, 2.45) is 0 Å². The van der Waals surface area contributed by atoms with E-state index in [2.05, 4.69) is 0 Å². The molecule has 2 aliphatic rings. The number of amides is 1. The molecule has 0 radical (unpaired) electrons. The van der Waals surface area contributed by atoms with E-state index in [0.29, 0.717) is 0 Å². The first-order valence-electron chi connectivity index (χ1n) is 4.48. The lowest BCUT2D eigenvalue weighted by atomic mass is 9.98. The zero-order valence-electron chi connectivity index (χ0n) is 8.30. The molecule has 0 saturated carbocycles. The van der Waals surface area contributed by atoms with E-state index in [-0.39, 0.29) is 6.42 Å². The summed E-state index contributed by atoms with van der Waals surface area (Å²) in [5, 5.41) is 8.03. The van der Waals surface area contributed by atoms with Crippen LogP contribution in [0.5, 0.6) is 0 Å². The summed E-state index contributed by atoms with van der Waals surface area (Å²) >= 11 is 0. The topological polar surface area (TPSA) is 91.8 Å². The third-order valence-corrected chi connectivity index (χ3v) is 6.01. The van der Waals surface area contributed by atoms with Gasteiger partial charge in [-0.3, -0.25) is 4.79 Å². The number of fused-ring (bicyclic) bond motifs is 1. The number of carboxylic acid groups (broad SMARTS) is 1. The Morgan fingerprint density at radius 3 is 2.40 bits per heavy atom. The van der Waals surface area contributed by atoms with E-state index in [1.54, 1.807) is 0 Å². The number of aliphatic carboxylic acids is 1. The van der Waals surface area contributed by atoms with Gasteiger partial charge in [0.2, 0.25) is 5.91 Å². The molecule has 2 fully saturated rings. The van der Waals surface area contributed by atoms with E-state index in [4.69, 9.17) is 5.11 Å². The molecule has 0 aromatic carbocycles. The van der Waals surface area contributed by atoms with Gasteiger partial charge in [0, 0.05) is 0 Å². The summed E-state index contributed by atoms with van der Waals surface area (Å²) in [4.78, 5) is 23.2. The first kappa shape index (κ1) is 10.4. The molecular formula is C8H11NO5S. The molecule has 1 amide bonds. The van der Waals surface area contributed by atoms with Crippen LogP contribution in [0.25, 0.3) is 0 Å². The zero-order chi connectivity index (χ0) is 11.6. The summed E-state index contributed by atoms with van der Waals surface area (Å²) in [5.41, 5.74) is 0. The van der Waals surface area contributed by atoms with Crippen molar-refractivity contribution >= 4 is 21.7 Å². The first-order valence-corrected chi connectivity index (χ1v) is 6.03. The zero-order valence-corrected chi connectivity index (χ0v) is 9.11. The van der Waals surface area contributed by atoms with E-state index in [9.17, 15) is 18.0 Å². The highest BCUT2D eigenvalue weighted by Gasteiger charge is 2.67. The number of β-lactam (4-membered cyclic amide) rings is 1. The Kier molecular flexibility index (Phi) is 1.75. The molecule has 0 unspecified atom stereocenters. The predicted octanol–water partition coefficient (Wildman–Crippen LogP) is -0.795. The van der Waals surface area contributed by atoms with Crippen molar-refractivity contribution in [3.63, 3.8) is 0 Å². The molecule has 0 aromatic heterocycles. The second-order valence-corrected chi connectivity index (χ2v) is 7.04. The van der Waals surface area contributed by atoms with Crippen LogP contribution in [0.3, 0.4) is 0 Å². The standard InChI is InChI=1S/C8H11NO5S/c1-8(2)6(7(11)12)9-4(10)3-5(9)15(8,13)14/h5-6H,3H2,1-2H3,(H,11,12)/t5-,6-/m0/s1. The molecule has 2 saturated heterocycles. The number of nitrogens with zero attached hydrogens (tertiary/aromatic N) is 1. The van der Waals surface area contributed by atoms with Crippen LogP contribution < -0.4 is 0 Å². The molecule has 2 rings (SSSR count). The normalized spacial score (nSPS) is 35.9. The van der Waals surface area contributed by atoms with Crippen LogP contribution in [-0.2, 0) is 19.4 Å². The van der Waals surface area contributed by atoms with Gasteiger partial charge in [-0.2, -0.15) is 0 Å². The van der Waals surface area contributed by atoms with Crippen LogP contribution in [0, 0.1) is 0 Å². The van der Waals surface area contributed by atoms with Crippen molar-refractivity contribution in [3.05, 3.63) is 0 Å². The quantitative estimate of drug-likeness (QED) is 0.599. The van der Waals surface area contributed by atoms with Crippen LogP contribution in [0.1, 0.15) is 20.3 Å². The highest BCUT2D eigenvalue weighted by molar-refractivity contribution is 7.93. The second-order valence-electron chi connectivity index (χ2n) is 4.35. The molecule has 0 aromatic rings. The van der Waals surface area contributed by atoms with Gasteiger partial charge in [-0.05, 0) is 13.8 Å². The van der Waals surface area contributed by atoms with E-state index in [0.717, 1.165) is 4.90 Å². The summed E-state index contributed by atoms with van der Waals surface area (Å²) < 4.78 is 22.4. The Morgan fingerprint density at radius 2 is 2.07 bits per heavy atom. The van der Waals surface area contributed by atoms with Gasteiger partial charge in [0.15, 0.2) is 9.84 Å². The number of carbonyl (C=O) groups excluding carboxylic acids is 1. The van der Waals surface area contributed by atoms with E-state index in [1.165, 1.54) is 13.8 Å². The Bertz CT molecular complexity index is 452. The molecule has 2 aliphatic heterocycles. The lowest BCUT2D eigenvalue weighted by Gasteiger charge is -2.35. The lowest BCUT2D eigenvalue weighted by Crippen LogP contribution is -2.57. The van der Waals surface area contributed by atoms with Crippen LogP contribution in [-0.4, -0.2) is 46.5 Å². The molecule has 2 heterocycles. The van der Waals surface area contributed by atoms with Gasteiger partial charge in [-0.15, -0.1) is 0 Å². The highest BCUT2D eigenvalue weighted by Crippen LogP contribution is 2.45. The summed E-state index contributed by atoms with van der Waals surface area (Å²) in [6, 6.07) is -1.26. The second kappa shape index (κ2) is 2.52. The number of carboxylic acids is 1. The molecule has 1 N–H and O–H groups in total. The van der Waals surface area contributed by atoms with Crippen LogP contribution >= 0.6 is 0 Å². The van der Waals surface area contributed by atoms with Crippen molar-refractivity contribution in [2.75, 3.05) is 0 Å². The minimum Gasteiger partial charge on any atom is -0.480 e. The van der Waals surface area contributed by atoms with E-state index in [1.807, 2.05) is 0 Å². The third-order valence-electron chi connectivity index (χ3n) is 3.21. The monoisotopic (exact) mass is 233 g/mol. The maximum atomic E-state index is 11.9. The molecule has 15 heavy (non-hydrogen) atoms. The van der Waals surface area contributed by atoms with Gasteiger partial charge in [0.1, 0.15) is 11.4 Å². The van der Waals surface area contributed by atoms with Gasteiger partial charge < -0.3 is 10.0 Å². The van der Waals surface area contributed by atoms with E-state index < -0.39 is 37.9 Å². The molecule has 0 aliphatic carbocycles. The van der Waals surface area contributed by atoms with Gasteiger partial charge in [0.25, 0.3) is 0 Å². The maximum absolute atomic E-state index is 11.9. The Balaban J connectivity index is 2.57. The van der Waals surface area contributed by atoms with Gasteiger partial charge in [-0.25, -0.2) is 13.2 Å². The van der Waals surface area contributed by atoms with Crippen LogP contribution in [0.2, 0.25) is 0 Å². The Morgan fingerprint density at radius 1 is 1.53 bits per heavy atom. The fourth-order valence-electron chi connectivity index (χ4n) is 2.23. The molecule has 84 valence electrons. The summed E-state index contributed by atoms with van der Waals surface area (Å²) in [5.74, 6) is -1.67. The molecule has 2 atom stereocenters. The number of rotatable bonds is 1. The SMILES string of the molecule is CC1(C)[C@H](C(=O)O)N2C(=O)C[C@@H]2S1(=O)=O. The van der Waals surface area contributed by atoms with Crippen molar-refractivity contribution in [2.45, 2.75) is 36.4 Å². The molecule has 0 bridgehead atoms. The molecule has 0 spiro atoms. The van der Waals surface area contributed by atoms with Crippen LogP contribution in [0.4, 0.5) is 0 Å². The van der Waals surface area contributed by atoms with Gasteiger partial charge in [0.05, 0.1) is 11.2 Å². The average molecular weight is 233 g/mol. The lowest BCUT2D eigenvalue weighted by molar-refractivity contribution is -0.157. The molecule has 7 heteroatoms. The number of sulfone groups is 1. The van der Waals surface area contributed by atoms with Crippen molar-refractivity contribution in [1.29, 1.82) is 0 Å². The fraction of sp³-hybridized carbons (Fsp3) is 0.750.